The van der Waals surface area contributed by atoms with E-state index >= 15 is 0 Å². The van der Waals surface area contributed by atoms with Gasteiger partial charge < -0.3 is 9.84 Å². The Balaban J connectivity index is 1.99. The highest BCUT2D eigenvalue weighted by atomic mass is 35.5. The fourth-order valence-corrected chi connectivity index (χ4v) is 2.03. The molecular weight excluding hydrogens is 214 g/mol. The number of aliphatic hydroxyl groups excluding tert-OH is 1. The predicted octanol–water partition coefficient (Wildman–Crippen LogP) is 1.82. The Morgan fingerprint density at radius 2 is 2.53 bits per heavy atom. The van der Waals surface area contributed by atoms with Crippen LogP contribution in [0.15, 0.2) is 18.5 Å². The monoisotopic (exact) mass is 227 g/mol. The highest BCUT2D eigenvalue weighted by Gasteiger charge is 2.24. The van der Waals surface area contributed by atoms with Crippen LogP contribution in [0.3, 0.4) is 0 Å². The number of ether oxygens (including phenoxy) is 1. The summed E-state index contributed by atoms with van der Waals surface area (Å²) in [6.07, 6.45) is 5.28. The molecule has 0 radical (unpaired) electrons. The van der Waals surface area contributed by atoms with E-state index in [1.165, 1.54) is 0 Å². The standard InChI is InChI=1S/C11H14ClNO2/c12-9-7-13-4-3-8(9)6-10(14)11-2-1-5-15-11/h3-4,7,10-11,14H,1-2,5-6H2. The zero-order chi connectivity index (χ0) is 10.7. The van der Waals surface area contributed by atoms with Gasteiger partial charge in [0, 0.05) is 25.4 Å². The average Bonchev–Trinajstić information content (AvgIpc) is 2.74. The molecule has 4 heteroatoms. The Morgan fingerprint density at radius 1 is 1.67 bits per heavy atom. The number of pyridine rings is 1. The summed E-state index contributed by atoms with van der Waals surface area (Å²) in [6, 6.07) is 1.83. The van der Waals surface area contributed by atoms with Gasteiger partial charge in [-0.3, -0.25) is 4.98 Å². The minimum atomic E-state index is -0.465. The molecule has 1 aliphatic rings. The summed E-state index contributed by atoms with van der Waals surface area (Å²) >= 11 is 5.96. The van der Waals surface area contributed by atoms with Crippen LogP contribution >= 0.6 is 11.6 Å². The molecule has 15 heavy (non-hydrogen) atoms. The summed E-state index contributed by atoms with van der Waals surface area (Å²) < 4.78 is 5.42. The van der Waals surface area contributed by atoms with Crippen LogP contribution in [0.2, 0.25) is 5.02 Å². The molecule has 1 fully saturated rings. The molecule has 0 aromatic carbocycles. The molecule has 82 valence electrons. The number of halogens is 1. The van der Waals surface area contributed by atoms with Gasteiger partial charge in [0.1, 0.15) is 0 Å². The molecule has 0 bridgehead atoms. The molecule has 3 nitrogen and oxygen atoms in total. The van der Waals surface area contributed by atoms with Crippen molar-refractivity contribution in [2.45, 2.75) is 31.5 Å². The molecule has 1 aliphatic heterocycles. The molecule has 0 aliphatic carbocycles. The van der Waals surface area contributed by atoms with Crippen LogP contribution in [0.1, 0.15) is 18.4 Å². The molecule has 2 rings (SSSR count). The van der Waals surface area contributed by atoms with Gasteiger partial charge in [-0.1, -0.05) is 11.6 Å². The summed E-state index contributed by atoms with van der Waals surface area (Å²) in [6.45, 7) is 0.756. The van der Waals surface area contributed by atoms with Crippen molar-refractivity contribution in [1.29, 1.82) is 0 Å². The van der Waals surface area contributed by atoms with Crippen molar-refractivity contribution in [3.8, 4) is 0 Å². The van der Waals surface area contributed by atoms with E-state index in [4.69, 9.17) is 16.3 Å². The lowest BCUT2D eigenvalue weighted by Crippen LogP contribution is -2.27. The molecule has 1 aromatic heterocycles. The lowest BCUT2D eigenvalue weighted by molar-refractivity contribution is -0.000769. The van der Waals surface area contributed by atoms with Crippen molar-refractivity contribution in [1.82, 2.24) is 4.98 Å². The molecule has 1 saturated heterocycles. The van der Waals surface area contributed by atoms with Crippen molar-refractivity contribution in [3.63, 3.8) is 0 Å². The second-order valence-corrected chi connectivity index (χ2v) is 4.20. The SMILES string of the molecule is OC(Cc1ccncc1Cl)C1CCCO1. The molecular formula is C11H14ClNO2. The van der Waals surface area contributed by atoms with Gasteiger partial charge in [-0.05, 0) is 24.5 Å². The fourth-order valence-electron chi connectivity index (χ4n) is 1.83. The lowest BCUT2D eigenvalue weighted by Gasteiger charge is -2.17. The van der Waals surface area contributed by atoms with Crippen molar-refractivity contribution in [3.05, 3.63) is 29.0 Å². The maximum atomic E-state index is 9.92. The third kappa shape index (κ3) is 2.68. The van der Waals surface area contributed by atoms with E-state index in [9.17, 15) is 5.11 Å². The van der Waals surface area contributed by atoms with Gasteiger partial charge >= 0.3 is 0 Å². The Labute approximate surface area is 94.0 Å². The number of rotatable bonds is 3. The van der Waals surface area contributed by atoms with E-state index in [1.54, 1.807) is 12.4 Å². The first-order valence-electron chi connectivity index (χ1n) is 5.15. The molecule has 1 N–H and O–H groups in total. The van der Waals surface area contributed by atoms with E-state index < -0.39 is 6.10 Å². The topological polar surface area (TPSA) is 42.4 Å². The van der Waals surface area contributed by atoms with Gasteiger partial charge in [0.05, 0.1) is 17.2 Å². The van der Waals surface area contributed by atoms with Crippen molar-refractivity contribution in [2.75, 3.05) is 6.61 Å². The van der Waals surface area contributed by atoms with Crippen LogP contribution in [0.5, 0.6) is 0 Å². The number of hydrogen-bond donors (Lipinski definition) is 1. The number of aromatic nitrogens is 1. The lowest BCUT2D eigenvalue weighted by atomic mass is 10.0. The Kier molecular flexibility index (Phi) is 3.57. The highest BCUT2D eigenvalue weighted by molar-refractivity contribution is 6.31. The maximum Gasteiger partial charge on any atom is 0.0842 e. The summed E-state index contributed by atoms with van der Waals surface area (Å²) in [7, 11) is 0. The quantitative estimate of drug-likeness (QED) is 0.857. The normalized spacial score (nSPS) is 22.9. The second kappa shape index (κ2) is 4.92. The van der Waals surface area contributed by atoms with Crippen LogP contribution in [0, 0.1) is 0 Å². The molecule has 1 aromatic rings. The molecule has 0 amide bonds. The third-order valence-corrected chi connectivity index (χ3v) is 3.02. The summed E-state index contributed by atoms with van der Waals surface area (Å²) in [5.74, 6) is 0. The summed E-state index contributed by atoms with van der Waals surface area (Å²) in [5.41, 5.74) is 0.926. The largest absolute Gasteiger partial charge is 0.390 e. The van der Waals surface area contributed by atoms with Crippen LogP contribution in [0.25, 0.3) is 0 Å². The van der Waals surface area contributed by atoms with Crippen molar-refractivity contribution in [2.24, 2.45) is 0 Å². The van der Waals surface area contributed by atoms with Crippen LogP contribution in [0.4, 0.5) is 0 Å². The molecule has 0 spiro atoms. The van der Waals surface area contributed by atoms with E-state index in [0.717, 1.165) is 25.0 Å². The summed E-state index contributed by atoms with van der Waals surface area (Å²) in [5, 5.41) is 10.5. The van der Waals surface area contributed by atoms with Crippen LogP contribution in [-0.4, -0.2) is 28.9 Å². The number of aliphatic hydroxyl groups is 1. The van der Waals surface area contributed by atoms with Gasteiger partial charge in [0.2, 0.25) is 0 Å². The summed E-state index contributed by atoms with van der Waals surface area (Å²) in [4.78, 5) is 3.90. The maximum absolute atomic E-state index is 9.92. The Morgan fingerprint density at radius 3 is 3.20 bits per heavy atom. The van der Waals surface area contributed by atoms with Gasteiger partial charge in [-0.2, -0.15) is 0 Å². The first-order valence-corrected chi connectivity index (χ1v) is 5.53. The number of nitrogens with zero attached hydrogens (tertiary/aromatic N) is 1. The highest BCUT2D eigenvalue weighted by Crippen LogP contribution is 2.21. The zero-order valence-electron chi connectivity index (χ0n) is 8.40. The predicted molar refractivity (Wildman–Crippen MR) is 57.9 cm³/mol. The molecule has 0 saturated carbocycles. The molecule has 2 unspecified atom stereocenters. The van der Waals surface area contributed by atoms with Crippen LogP contribution < -0.4 is 0 Å². The van der Waals surface area contributed by atoms with Crippen molar-refractivity contribution < 1.29 is 9.84 Å². The van der Waals surface area contributed by atoms with Crippen molar-refractivity contribution >= 4 is 11.6 Å². The van der Waals surface area contributed by atoms with Gasteiger partial charge in [0.25, 0.3) is 0 Å². The van der Waals surface area contributed by atoms with E-state index in [2.05, 4.69) is 4.98 Å². The van der Waals surface area contributed by atoms with E-state index in [0.29, 0.717) is 11.4 Å². The van der Waals surface area contributed by atoms with Gasteiger partial charge in [-0.25, -0.2) is 0 Å². The molecule has 2 heterocycles. The van der Waals surface area contributed by atoms with Gasteiger partial charge in [0.15, 0.2) is 0 Å². The Bertz CT molecular complexity index is 326. The third-order valence-electron chi connectivity index (χ3n) is 2.68. The first-order chi connectivity index (χ1) is 7.27. The smallest absolute Gasteiger partial charge is 0.0842 e. The average molecular weight is 228 g/mol. The van der Waals surface area contributed by atoms with Crippen LogP contribution in [-0.2, 0) is 11.2 Å². The molecule has 2 atom stereocenters. The Hall–Kier alpha value is -0.640. The van der Waals surface area contributed by atoms with E-state index in [1.807, 2.05) is 6.07 Å². The van der Waals surface area contributed by atoms with E-state index in [-0.39, 0.29) is 6.10 Å². The second-order valence-electron chi connectivity index (χ2n) is 3.79. The van der Waals surface area contributed by atoms with Gasteiger partial charge in [-0.15, -0.1) is 0 Å². The minimum absolute atomic E-state index is 0.0331. The first kappa shape index (κ1) is 10.9. The zero-order valence-corrected chi connectivity index (χ0v) is 9.15. The fraction of sp³-hybridized carbons (Fsp3) is 0.545. The minimum Gasteiger partial charge on any atom is -0.390 e. The number of hydrogen-bond acceptors (Lipinski definition) is 3.